The Morgan fingerprint density at radius 2 is 1.76 bits per heavy atom. The normalized spacial score (nSPS) is 11.8. The lowest BCUT2D eigenvalue weighted by Gasteiger charge is -2.16. The maximum absolute atomic E-state index is 12.0. The second-order valence-corrected chi connectivity index (χ2v) is 5.06. The summed E-state index contributed by atoms with van der Waals surface area (Å²) in [6.07, 6.45) is 0.350. The van der Waals surface area contributed by atoms with Gasteiger partial charge in [-0.1, -0.05) is 13.8 Å². The van der Waals surface area contributed by atoms with Crippen molar-refractivity contribution in [1.29, 1.82) is 0 Å². The van der Waals surface area contributed by atoms with Crippen LogP contribution >= 0.6 is 0 Å². The van der Waals surface area contributed by atoms with Gasteiger partial charge in [-0.25, -0.2) is 9.59 Å². The lowest BCUT2D eigenvalue weighted by Crippen LogP contribution is -2.41. The highest BCUT2D eigenvalue weighted by atomic mass is 16.4. The van der Waals surface area contributed by atoms with Crippen LogP contribution in [0.4, 0.5) is 10.5 Å². The quantitative estimate of drug-likeness (QED) is 0.633. The summed E-state index contributed by atoms with van der Waals surface area (Å²) in [4.78, 5) is 33.8. The summed E-state index contributed by atoms with van der Waals surface area (Å²) in [5.41, 5.74) is 5.73. The van der Waals surface area contributed by atoms with E-state index in [0.29, 0.717) is 17.7 Å². The van der Waals surface area contributed by atoms with Gasteiger partial charge >= 0.3 is 12.0 Å². The smallest absolute Gasteiger partial charge is 0.326 e. The predicted octanol–water partition coefficient (Wildman–Crippen LogP) is 1.41. The van der Waals surface area contributed by atoms with Crippen LogP contribution in [0.2, 0.25) is 0 Å². The Hall–Kier alpha value is -2.57. The zero-order valence-electron chi connectivity index (χ0n) is 11.9. The van der Waals surface area contributed by atoms with Crippen LogP contribution in [-0.2, 0) is 4.79 Å². The fraction of sp³-hybridized carbons (Fsp3) is 0.357. The van der Waals surface area contributed by atoms with Crippen molar-refractivity contribution in [3.63, 3.8) is 0 Å². The van der Waals surface area contributed by atoms with Crippen LogP contribution in [-0.4, -0.2) is 29.1 Å². The van der Waals surface area contributed by atoms with Gasteiger partial charge in [0.1, 0.15) is 6.04 Å². The summed E-state index contributed by atoms with van der Waals surface area (Å²) in [7, 11) is 0. The third-order valence-corrected chi connectivity index (χ3v) is 2.73. The molecule has 0 saturated carbocycles. The molecular weight excluding hydrogens is 274 g/mol. The zero-order chi connectivity index (χ0) is 16.0. The second-order valence-electron chi connectivity index (χ2n) is 5.06. The van der Waals surface area contributed by atoms with Crippen molar-refractivity contribution in [3.8, 4) is 0 Å². The maximum atomic E-state index is 12.0. The van der Waals surface area contributed by atoms with Gasteiger partial charge in [-0.2, -0.15) is 0 Å². The van der Waals surface area contributed by atoms with E-state index in [1.54, 1.807) is 0 Å². The Balaban J connectivity index is 2.73. The van der Waals surface area contributed by atoms with Crippen LogP contribution in [0.5, 0.6) is 0 Å². The van der Waals surface area contributed by atoms with E-state index in [9.17, 15) is 14.4 Å². The first kappa shape index (κ1) is 16.5. The number of carbonyl (C=O) groups excluding carboxylic acids is 2. The minimum Gasteiger partial charge on any atom is -0.480 e. The number of hydrogen-bond acceptors (Lipinski definition) is 3. The largest absolute Gasteiger partial charge is 0.480 e. The van der Waals surface area contributed by atoms with Crippen LogP contribution in [0.1, 0.15) is 30.6 Å². The summed E-state index contributed by atoms with van der Waals surface area (Å²) in [5, 5.41) is 13.9. The van der Waals surface area contributed by atoms with Gasteiger partial charge in [-0.05, 0) is 36.6 Å². The standard InChI is InChI=1S/C14H19N3O4/c1-8(2)7-11(13(19)20)17-12(18)9-3-5-10(6-4-9)16-14(15)21/h3-6,8,11H,7H2,1-2H3,(H,17,18)(H,19,20)(H3,15,16,21)/t11-/m1/s1. The van der Waals surface area contributed by atoms with E-state index in [1.807, 2.05) is 13.8 Å². The van der Waals surface area contributed by atoms with Crippen molar-refractivity contribution < 1.29 is 19.5 Å². The number of urea groups is 1. The van der Waals surface area contributed by atoms with E-state index >= 15 is 0 Å². The fourth-order valence-corrected chi connectivity index (χ4v) is 1.78. The topological polar surface area (TPSA) is 122 Å². The molecule has 0 aliphatic carbocycles. The molecular formula is C14H19N3O4. The maximum Gasteiger partial charge on any atom is 0.326 e. The van der Waals surface area contributed by atoms with Gasteiger partial charge in [0.15, 0.2) is 0 Å². The van der Waals surface area contributed by atoms with Gasteiger partial charge in [0, 0.05) is 11.3 Å². The summed E-state index contributed by atoms with van der Waals surface area (Å²) in [6.45, 7) is 3.76. The van der Waals surface area contributed by atoms with E-state index in [4.69, 9.17) is 10.8 Å². The fourth-order valence-electron chi connectivity index (χ4n) is 1.78. The van der Waals surface area contributed by atoms with Crippen LogP contribution in [0.15, 0.2) is 24.3 Å². The molecule has 1 aromatic carbocycles. The molecule has 0 aromatic heterocycles. The van der Waals surface area contributed by atoms with Gasteiger partial charge < -0.3 is 21.5 Å². The minimum atomic E-state index is -1.07. The van der Waals surface area contributed by atoms with Crippen LogP contribution < -0.4 is 16.4 Å². The molecule has 0 unspecified atom stereocenters. The third-order valence-electron chi connectivity index (χ3n) is 2.73. The number of nitrogens with two attached hydrogens (primary N) is 1. The van der Waals surface area contributed by atoms with Crippen LogP contribution in [0.3, 0.4) is 0 Å². The molecule has 0 fully saturated rings. The summed E-state index contributed by atoms with van der Waals surface area (Å²) in [6, 6.07) is 4.36. The molecule has 21 heavy (non-hydrogen) atoms. The van der Waals surface area contributed by atoms with Gasteiger partial charge in [0.05, 0.1) is 0 Å². The molecule has 0 spiro atoms. The molecule has 0 radical (unpaired) electrons. The number of carbonyl (C=O) groups is 3. The third kappa shape index (κ3) is 5.52. The zero-order valence-corrected chi connectivity index (χ0v) is 11.9. The number of aliphatic carboxylic acids is 1. The summed E-state index contributed by atoms with van der Waals surface area (Å²) < 4.78 is 0. The van der Waals surface area contributed by atoms with E-state index in [2.05, 4.69) is 10.6 Å². The molecule has 7 nitrogen and oxygen atoms in total. The van der Waals surface area contributed by atoms with Crippen molar-refractivity contribution in [2.24, 2.45) is 11.7 Å². The Morgan fingerprint density at radius 1 is 1.19 bits per heavy atom. The Bertz CT molecular complexity index is 526. The number of primary amides is 1. The molecule has 0 bridgehead atoms. The van der Waals surface area contributed by atoms with E-state index < -0.39 is 23.9 Å². The van der Waals surface area contributed by atoms with Crippen LogP contribution in [0, 0.1) is 5.92 Å². The molecule has 0 aliphatic heterocycles. The second kappa shape index (κ2) is 7.28. The summed E-state index contributed by atoms with van der Waals surface area (Å²) in [5.74, 6) is -1.40. The molecule has 1 atom stereocenters. The molecule has 1 rings (SSSR count). The molecule has 3 amide bonds. The predicted molar refractivity (Wildman–Crippen MR) is 78.0 cm³/mol. The number of rotatable bonds is 6. The van der Waals surface area contributed by atoms with Crippen molar-refractivity contribution in [2.45, 2.75) is 26.3 Å². The average Bonchev–Trinajstić information content (AvgIpc) is 2.37. The first-order chi connectivity index (χ1) is 9.79. The highest BCUT2D eigenvalue weighted by molar-refractivity contribution is 5.97. The van der Waals surface area contributed by atoms with Crippen molar-refractivity contribution >= 4 is 23.6 Å². The van der Waals surface area contributed by atoms with Gasteiger partial charge in [0.25, 0.3) is 5.91 Å². The highest BCUT2D eigenvalue weighted by Crippen LogP contribution is 2.11. The van der Waals surface area contributed by atoms with E-state index in [-0.39, 0.29) is 5.92 Å². The van der Waals surface area contributed by atoms with Crippen molar-refractivity contribution in [2.75, 3.05) is 5.32 Å². The number of carboxylic acids is 1. The first-order valence-electron chi connectivity index (χ1n) is 6.49. The minimum absolute atomic E-state index is 0.147. The van der Waals surface area contributed by atoms with E-state index in [1.165, 1.54) is 24.3 Å². The monoisotopic (exact) mass is 293 g/mol. The lowest BCUT2D eigenvalue weighted by atomic mass is 10.0. The van der Waals surface area contributed by atoms with Gasteiger partial charge in [0.2, 0.25) is 0 Å². The van der Waals surface area contributed by atoms with Crippen LogP contribution in [0.25, 0.3) is 0 Å². The molecule has 7 heteroatoms. The number of nitrogens with one attached hydrogen (secondary N) is 2. The Labute approximate surface area is 122 Å². The number of amides is 3. The number of carboxylic acid groups (broad SMARTS) is 1. The first-order valence-corrected chi connectivity index (χ1v) is 6.49. The number of anilines is 1. The number of hydrogen-bond donors (Lipinski definition) is 4. The number of benzene rings is 1. The molecule has 0 saturated heterocycles. The Morgan fingerprint density at radius 3 is 2.19 bits per heavy atom. The molecule has 0 aliphatic rings. The molecule has 0 heterocycles. The highest BCUT2D eigenvalue weighted by Gasteiger charge is 2.21. The lowest BCUT2D eigenvalue weighted by molar-refractivity contribution is -0.139. The van der Waals surface area contributed by atoms with Crippen molar-refractivity contribution in [1.82, 2.24) is 5.32 Å². The van der Waals surface area contributed by atoms with Gasteiger partial charge in [-0.15, -0.1) is 0 Å². The SMILES string of the molecule is CC(C)C[C@@H](NC(=O)c1ccc(NC(N)=O)cc1)C(=O)O. The summed E-state index contributed by atoms with van der Waals surface area (Å²) >= 11 is 0. The average molecular weight is 293 g/mol. The molecule has 1 aromatic rings. The van der Waals surface area contributed by atoms with Crippen molar-refractivity contribution in [3.05, 3.63) is 29.8 Å². The molecule has 5 N–H and O–H groups in total. The van der Waals surface area contributed by atoms with E-state index in [0.717, 1.165) is 0 Å². The van der Waals surface area contributed by atoms with Gasteiger partial charge in [-0.3, -0.25) is 4.79 Å². The molecule has 114 valence electrons. The Kier molecular flexibility index (Phi) is 5.71.